The van der Waals surface area contributed by atoms with Gasteiger partial charge in [0.05, 0.1) is 30.8 Å². The fourth-order valence-electron chi connectivity index (χ4n) is 2.13. The van der Waals surface area contributed by atoms with Crippen LogP contribution in [0.5, 0.6) is 5.75 Å². The Kier molecular flexibility index (Phi) is 5.17. The van der Waals surface area contributed by atoms with Crippen LogP contribution in [0.1, 0.15) is 30.7 Å². The molecular weight excluding hydrogens is 264 g/mol. The molecule has 1 aromatic carbocycles. The summed E-state index contributed by atoms with van der Waals surface area (Å²) in [6.45, 7) is 2.73. The Hall–Kier alpha value is -2.07. The Bertz CT molecular complexity index is 552. The van der Waals surface area contributed by atoms with Crippen molar-refractivity contribution in [1.82, 2.24) is 4.98 Å². The molecule has 1 N–H and O–H groups in total. The molecule has 112 valence electrons. The summed E-state index contributed by atoms with van der Waals surface area (Å²) in [4.78, 5) is 6.45. The van der Waals surface area contributed by atoms with Crippen molar-refractivity contribution in [2.24, 2.45) is 0 Å². The van der Waals surface area contributed by atoms with E-state index in [1.807, 2.05) is 38.2 Å². The number of hydrogen-bond donors (Lipinski definition) is 1. The molecule has 0 bridgehead atoms. The molecule has 0 aliphatic rings. The summed E-state index contributed by atoms with van der Waals surface area (Å²) in [5, 5.41) is 9.76. The molecule has 1 unspecified atom stereocenters. The Morgan fingerprint density at radius 2 is 1.90 bits per heavy atom. The highest BCUT2D eigenvalue weighted by Crippen LogP contribution is 2.19. The van der Waals surface area contributed by atoms with Crippen LogP contribution in [-0.4, -0.2) is 24.2 Å². The second-order valence-corrected chi connectivity index (χ2v) is 5.07. The van der Waals surface area contributed by atoms with E-state index < -0.39 is 6.10 Å². The first-order valence-electron chi connectivity index (χ1n) is 7.12. The molecule has 1 atom stereocenters. The molecule has 0 saturated carbocycles. The highest BCUT2D eigenvalue weighted by atomic mass is 16.5. The summed E-state index contributed by atoms with van der Waals surface area (Å²) in [6.07, 6.45) is 2.00. The second kappa shape index (κ2) is 7.09. The molecule has 1 aromatic heterocycles. The minimum absolute atomic E-state index is 0.481. The number of aliphatic hydroxyl groups excluding tert-OH is 1. The van der Waals surface area contributed by atoms with E-state index in [4.69, 9.17) is 4.74 Å². The standard InChI is InChI=1S/C17H22N2O2/c1-4-17(20)16-10-7-14(11-18-16)19(2)12-13-5-8-15(21-3)9-6-13/h5-11,17,20H,4,12H2,1-3H3. The molecule has 4 heteroatoms. The van der Waals surface area contributed by atoms with Crippen molar-refractivity contribution in [1.29, 1.82) is 0 Å². The zero-order chi connectivity index (χ0) is 15.2. The molecule has 21 heavy (non-hydrogen) atoms. The van der Waals surface area contributed by atoms with Gasteiger partial charge in [-0.2, -0.15) is 0 Å². The lowest BCUT2D eigenvalue weighted by Crippen LogP contribution is -2.16. The predicted octanol–water partition coefficient (Wildman–Crippen LogP) is 3.17. The van der Waals surface area contributed by atoms with Crippen LogP contribution in [0.4, 0.5) is 5.69 Å². The van der Waals surface area contributed by atoms with Gasteiger partial charge in [0.25, 0.3) is 0 Å². The van der Waals surface area contributed by atoms with E-state index in [1.165, 1.54) is 5.56 Å². The van der Waals surface area contributed by atoms with Crippen molar-refractivity contribution in [3.63, 3.8) is 0 Å². The van der Waals surface area contributed by atoms with Gasteiger partial charge in [0.15, 0.2) is 0 Å². The number of methoxy groups -OCH3 is 1. The lowest BCUT2D eigenvalue weighted by molar-refractivity contribution is 0.169. The van der Waals surface area contributed by atoms with Crippen LogP contribution in [0.25, 0.3) is 0 Å². The van der Waals surface area contributed by atoms with E-state index >= 15 is 0 Å². The quantitative estimate of drug-likeness (QED) is 0.886. The minimum atomic E-state index is -0.481. The largest absolute Gasteiger partial charge is 0.497 e. The zero-order valence-electron chi connectivity index (χ0n) is 12.8. The third-order valence-electron chi connectivity index (χ3n) is 3.52. The van der Waals surface area contributed by atoms with Crippen LogP contribution in [0, 0.1) is 0 Å². The maximum Gasteiger partial charge on any atom is 0.118 e. The van der Waals surface area contributed by atoms with Crippen molar-refractivity contribution >= 4 is 5.69 Å². The number of hydrogen-bond acceptors (Lipinski definition) is 4. The van der Waals surface area contributed by atoms with E-state index in [1.54, 1.807) is 13.3 Å². The number of aliphatic hydroxyl groups is 1. The fourth-order valence-corrected chi connectivity index (χ4v) is 2.13. The highest BCUT2D eigenvalue weighted by Gasteiger charge is 2.08. The number of nitrogens with zero attached hydrogens (tertiary/aromatic N) is 2. The third-order valence-corrected chi connectivity index (χ3v) is 3.52. The molecule has 2 rings (SSSR count). The van der Waals surface area contributed by atoms with E-state index in [0.29, 0.717) is 6.42 Å². The van der Waals surface area contributed by atoms with Gasteiger partial charge < -0.3 is 14.7 Å². The summed E-state index contributed by atoms with van der Waals surface area (Å²) in [5.41, 5.74) is 2.95. The average Bonchev–Trinajstić information content (AvgIpc) is 2.55. The van der Waals surface area contributed by atoms with Gasteiger partial charge >= 0.3 is 0 Å². The van der Waals surface area contributed by atoms with Crippen molar-refractivity contribution < 1.29 is 9.84 Å². The maximum absolute atomic E-state index is 9.76. The number of aromatic nitrogens is 1. The van der Waals surface area contributed by atoms with E-state index in [0.717, 1.165) is 23.7 Å². The summed E-state index contributed by atoms with van der Waals surface area (Å²) in [7, 11) is 3.69. The van der Waals surface area contributed by atoms with Gasteiger partial charge in [0.1, 0.15) is 5.75 Å². The van der Waals surface area contributed by atoms with Crippen molar-refractivity contribution in [3.05, 3.63) is 53.9 Å². The van der Waals surface area contributed by atoms with Crippen LogP contribution < -0.4 is 9.64 Å². The summed E-state index contributed by atoms with van der Waals surface area (Å²) >= 11 is 0. The van der Waals surface area contributed by atoms with Gasteiger partial charge in [-0.15, -0.1) is 0 Å². The molecule has 0 aliphatic heterocycles. The molecule has 0 aliphatic carbocycles. The average molecular weight is 286 g/mol. The van der Waals surface area contributed by atoms with Crippen LogP contribution in [0.2, 0.25) is 0 Å². The van der Waals surface area contributed by atoms with E-state index in [-0.39, 0.29) is 0 Å². The molecule has 0 radical (unpaired) electrons. The molecule has 0 saturated heterocycles. The molecule has 1 heterocycles. The van der Waals surface area contributed by atoms with E-state index in [9.17, 15) is 5.11 Å². The number of benzene rings is 1. The van der Waals surface area contributed by atoms with Crippen molar-refractivity contribution in [3.8, 4) is 5.75 Å². The van der Waals surface area contributed by atoms with Crippen LogP contribution in [-0.2, 0) is 6.54 Å². The summed E-state index contributed by atoms with van der Waals surface area (Å²) < 4.78 is 5.16. The second-order valence-electron chi connectivity index (χ2n) is 5.07. The number of anilines is 1. The van der Waals surface area contributed by atoms with Gasteiger partial charge in [-0.3, -0.25) is 4.98 Å². The number of ether oxygens (including phenoxy) is 1. The van der Waals surface area contributed by atoms with Crippen LogP contribution in [0.3, 0.4) is 0 Å². The molecule has 2 aromatic rings. The lowest BCUT2D eigenvalue weighted by Gasteiger charge is -2.20. The summed E-state index contributed by atoms with van der Waals surface area (Å²) in [6, 6.07) is 11.9. The van der Waals surface area contributed by atoms with Gasteiger partial charge in [-0.05, 0) is 36.2 Å². The van der Waals surface area contributed by atoms with Gasteiger partial charge in [0.2, 0.25) is 0 Å². The van der Waals surface area contributed by atoms with Gasteiger partial charge in [-0.1, -0.05) is 19.1 Å². The van der Waals surface area contributed by atoms with Crippen molar-refractivity contribution in [2.75, 3.05) is 19.1 Å². The Balaban J connectivity index is 2.03. The first kappa shape index (κ1) is 15.3. The van der Waals surface area contributed by atoms with Crippen LogP contribution in [0.15, 0.2) is 42.6 Å². The van der Waals surface area contributed by atoms with Gasteiger partial charge in [0, 0.05) is 13.6 Å². The molecule has 4 nitrogen and oxygen atoms in total. The SMILES string of the molecule is CCC(O)c1ccc(N(C)Cc2ccc(OC)cc2)cn1. The normalized spacial score (nSPS) is 12.0. The molecule has 0 amide bonds. The monoisotopic (exact) mass is 286 g/mol. The Morgan fingerprint density at radius 1 is 1.19 bits per heavy atom. The van der Waals surface area contributed by atoms with Crippen LogP contribution >= 0.6 is 0 Å². The maximum atomic E-state index is 9.76. The lowest BCUT2D eigenvalue weighted by atomic mass is 10.1. The highest BCUT2D eigenvalue weighted by molar-refractivity contribution is 5.45. The first-order chi connectivity index (χ1) is 10.1. The summed E-state index contributed by atoms with van der Waals surface area (Å²) in [5.74, 6) is 0.862. The topological polar surface area (TPSA) is 45.6 Å². The first-order valence-corrected chi connectivity index (χ1v) is 7.12. The third kappa shape index (κ3) is 3.95. The molecule has 0 fully saturated rings. The Labute approximate surface area is 126 Å². The number of rotatable bonds is 6. The smallest absolute Gasteiger partial charge is 0.118 e. The Morgan fingerprint density at radius 3 is 2.43 bits per heavy atom. The number of pyridine rings is 1. The molecule has 0 spiro atoms. The predicted molar refractivity (Wildman–Crippen MR) is 84.6 cm³/mol. The fraction of sp³-hybridized carbons (Fsp3) is 0.353. The minimum Gasteiger partial charge on any atom is -0.497 e. The van der Waals surface area contributed by atoms with Crippen molar-refractivity contribution in [2.45, 2.75) is 26.0 Å². The molecular formula is C17H22N2O2. The van der Waals surface area contributed by atoms with E-state index in [2.05, 4.69) is 22.0 Å². The van der Waals surface area contributed by atoms with Gasteiger partial charge in [-0.25, -0.2) is 0 Å². The zero-order valence-corrected chi connectivity index (χ0v) is 12.8.